The highest BCUT2D eigenvalue weighted by Crippen LogP contribution is 2.21. The zero-order valence-corrected chi connectivity index (χ0v) is 17.4. The second kappa shape index (κ2) is 9.68. The molecule has 0 aromatic heterocycles. The lowest BCUT2D eigenvalue weighted by atomic mass is 10.1. The molecule has 2 rings (SSSR count). The highest BCUT2D eigenvalue weighted by atomic mass is 16.5. The Kier molecular flexibility index (Phi) is 7.31. The fourth-order valence-electron chi connectivity index (χ4n) is 2.99. The second-order valence-corrected chi connectivity index (χ2v) is 6.96. The average molecular weight is 394 g/mol. The van der Waals surface area contributed by atoms with Crippen LogP contribution in [0.15, 0.2) is 42.5 Å². The van der Waals surface area contributed by atoms with E-state index in [0.717, 1.165) is 27.9 Å². The number of likely N-dealkylation sites (N-methyl/N-ethyl adjacent to an activating group) is 1. The molecule has 0 fully saturated rings. The van der Waals surface area contributed by atoms with Crippen molar-refractivity contribution in [3.63, 3.8) is 0 Å². The van der Waals surface area contributed by atoms with Crippen LogP contribution in [-0.4, -0.2) is 43.4 Å². The zero-order chi connectivity index (χ0) is 21.6. The smallest absolute Gasteiger partial charge is 0.337 e. The van der Waals surface area contributed by atoms with E-state index in [-0.39, 0.29) is 18.4 Å². The third-order valence-corrected chi connectivity index (χ3v) is 4.45. The maximum atomic E-state index is 12.3. The topological polar surface area (TPSA) is 75.7 Å². The van der Waals surface area contributed by atoms with Crippen LogP contribution in [0.1, 0.15) is 32.6 Å². The van der Waals surface area contributed by atoms with Crippen molar-refractivity contribution < 1.29 is 19.1 Å². The molecule has 0 unspecified atom stereocenters. The quantitative estimate of drug-likeness (QED) is 0.601. The number of esters is 1. The van der Waals surface area contributed by atoms with Crippen LogP contribution in [0.4, 0.5) is 5.69 Å². The van der Waals surface area contributed by atoms with E-state index in [1.165, 1.54) is 18.1 Å². The van der Waals surface area contributed by atoms with Gasteiger partial charge in [-0.15, -0.1) is 0 Å². The van der Waals surface area contributed by atoms with E-state index in [2.05, 4.69) is 10.1 Å². The number of nitrogens with zero attached hydrogens (tertiary/aromatic N) is 1. The minimum atomic E-state index is -0.415. The van der Waals surface area contributed by atoms with Gasteiger partial charge >= 0.3 is 5.97 Å². The summed E-state index contributed by atoms with van der Waals surface area (Å²) < 4.78 is 4.65. The summed E-state index contributed by atoms with van der Waals surface area (Å²) >= 11 is 0. The fourth-order valence-corrected chi connectivity index (χ4v) is 2.99. The number of hydrogen-bond donors (Lipinski definition) is 1. The summed E-state index contributed by atoms with van der Waals surface area (Å²) in [7, 11) is 2.89. The number of amides is 2. The lowest BCUT2D eigenvalue weighted by molar-refractivity contribution is -0.129. The van der Waals surface area contributed by atoms with Gasteiger partial charge in [0.1, 0.15) is 0 Å². The van der Waals surface area contributed by atoms with E-state index in [1.807, 2.05) is 32.9 Å². The maximum absolute atomic E-state index is 12.3. The monoisotopic (exact) mass is 394 g/mol. The fraction of sp³-hybridized carbons (Fsp3) is 0.261. The first kappa shape index (κ1) is 21.9. The number of carbonyl (C=O) groups is 3. The van der Waals surface area contributed by atoms with Crippen molar-refractivity contribution in [2.24, 2.45) is 0 Å². The van der Waals surface area contributed by atoms with Crippen molar-refractivity contribution in [2.75, 3.05) is 26.0 Å². The minimum Gasteiger partial charge on any atom is -0.465 e. The Labute approximate surface area is 171 Å². The zero-order valence-electron chi connectivity index (χ0n) is 17.4. The second-order valence-electron chi connectivity index (χ2n) is 6.96. The molecule has 0 saturated carbocycles. The number of aryl methyl sites for hydroxylation is 3. The summed E-state index contributed by atoms with van der Waals surface area (Å²) in [6, 6.07) is 10.7. The molecule has 0 aliphatic carbocycles. The van der Waals surface area contributed by atoms with Gasteiger partial charge in [-0.25, -0.2) is 4.79 Å². The van der Waals surface area contributed by atoms with Gasteiger partial charge in [0.25, 0.3) is 0 Å². The summed E-state index contributed by atoms with van der Waals surface area (Å²) in [5.41, 5.74) is 5.08. The van der Waals surface area contributed by atoms with Crippen LogP contribution in [0.3, 0.4) is 0 Å². The Balaban J connectivity index is 1.95. The molecule has 152 valence electrons. The number of methoxy groups -OCH3 is 1. The molecule has 6 nitrogen and oxygen atoms in total. The summed E-state index contributed by atoms with van der Waals surface area (Å²) in [5.74, 6) is -0.970. The van der Waals surface area contributed by atoms with E-state index in [9.17, 15) is 14.4 Å². The summed E-state index contributed by atoms with van der Waals surface area (Å²) in [4.78, 5) is 37.4. The highest BCUT2D eigenvalue weighted by Gasteiger charge is 2.13. The van der Waals surface area contributed by atoms with Crippen LogP contribution in [-0.2, 0) is 14.3 Å². The molecule has 0 aliphatic rings. The largest absolute Gasteiger partial charge is 0.465 e. The molecule has 0 bridgehead atoms. The average Bonchev–Trinajstić information content (AvgIpc) is 2.68. The van der Waals surface area contributed by atoms with Gasteiger partial charge in [-0.2, -0.15) is 0 Å². The predicted molar refractivity (Wildman–Crippen MR) is 114 cm³/mol. The molecule has 0 saturated heterocycles. The van der Waals surface area contributed by atoms with Crippen LogP contribution in [0.5, 0.6) is 0 Å². The van der Waals surface area contributed by atoms with Crippen molar-refractivity contribution in [3.05, 3.63) is 70.3 Å². The van der Waals surface area contributed by atoms with Gasteiger partial charge in [-0.3, -0.25) is 9.59 Å². The van der Waals surface area contributed by atoms with Crippen molar-refractivity contribution in [3.8, 4) is 0 Å². The first-order valence-electron chi connectivity index (χ1n) is 9.20. The first-order valence-corrected chi connectivity index (χ1v) is 9.20. The van der Waals surface area contributed by atoms with Crippen molar-refractivity contribution in [1.82, 2.24) is 4.90 Å². The van der Waals surface area contributed by atoms with Gasteiger partial charge in [0.15, 0.2) is 0 Å². The molecular formula is C23H26N2O4. The van der Waals surface area contributed by atoms with E-state index in [1.54, 1.807) is 37.4 Å². The van der Waals surface area contributed by atoms with Crippen LogP contribution in [0, 0.1) is 20.8 Å². The molecule has 0 spiro atoms. The van der Waals surface area contributed by atoms with E-state index < -0.39 is 5.97 Å². The molecule has 29 heavy (non-hydrogen) atoms. The standard InChI is InChI=1S/C23H26N2O4/c1-15-12-16(2)22(17(3)13-15)24-20(26)14-25(4)21(27)11-8-18-6-9-19(10-7-18)23(28)29-5/h6-13H,14H2,1-5H3,(H,24,26)/b11-8+. The normalized spacial score (nSPS) is 10.7. The molecule has 1 N–H and O–H groups in total. The molecule has 0 radical (unpaired) electrons. The SMILES string of the molecule is COC(=O)c1ccc(/C=C/C(=O)N(C)CC(=O)Nc2c(C)cc(C)cc2C)cc1. The Hall–Kier alpha value is -3.41. The predicted octanol–water partition coefficient (Wildman–Crippen LogP) is 3.51. The summed E-state index contributed by atoms with van der Waals surface area (Å²) in [6.45, 7) is 5.84. The highest BCUT2D eigenvalue weighted by molar-refractivity contribution is 5.98. The molecule has 2 amide bonds. The Morgan fingerprint density at radius 3 is 2.17 bits per heavy atom. The number of hydrogen-bond acceptors (Lipinski definition) is 4. The van der Waals surface area contributed by atoms with Crippen molar-refractivity contribution >= 4 is 29.5 Å². The number of benzene rings is 2. The first-order chi connectivity index (χ1) is 13.7. The van der Waals surface area contributed by atoms with Gasteiger partial charge in [0.05, 0.1) is 19.2 Å². The van der Waals surface area contributed by atoms with E-state index in [0.29, 0.717) is 5.56 Å². The number of ether oxygens (including phenoxy) is 1. The minimum absolute atomic E-state index is 0.0583. The van der Waals surface area contributed by atoms with Crippen LogP contribution in [0.25, 0.3) is 6.08 Å². The third-order valence-electron chi connectivity index (χ3n) is 4.45. The Bertz CT molecular complexity index is 923. The van der Waals surface area contributed by atoms with Crippen LogP contribution < -0.4 is 5.32 Å². The number of rotatable bonds is 6. The molecular weight excluding hydrogens is 368 g/mol. The van der Waals surface area contributed by atoms with Gasteiger partial charge in [-0.1, -0.05) is 29.8 Å². The van der Waals surface area contributed by atoms with E-state index in [4.69, 9.17) is 0 Å². The van der Waals surface area contributed by atoms with Crippen LogP contribution in [0.2, 0.25) is 0 Å². The van der Waals surface area contributed by atoms with Crippen LogP contribution >= 0.6 is 0 Å². The molecule has 0 atom stereocenters. The molecule has 6 heteroatoms. The van der Waals surface area contributed by atoms with Gasteiger partial charge in [0.2, 0.25) is 11.8 Å². The number of nitrogens with one attached hydrogen (secondary N) is 1. The third kappa shape index (κ3) is 6.04. The molecule has 0 heterocycles. The van der Waals surface area contributed by atoms with Gasteiger partial charge in [-0.05, 0) is 55.7 Å². The molecule has 0 aliphatic heterocycles. The Morgan fingerprint density at radius 1 is 1.03 bits per heavy atom. The molecule has 2 aromatic rings. The summed E-state index contributed by atoms with van der Waals surface area (Å²) in [5, 5.41) is 2.89. The van der Waals surface area contributed by atoms with Gasteiger partial charge in [0, 0.05) is 18.8 Å². The number of carbonyl (C=O) groups excluding carboxylic acids is 3. The van der Waals surface area contributed by atoms with E-state index >= 15 is 0 Å². The number of anilines is 1. The Morgan fingerprint density at radius 2 is 1.62 bits per heavy atom. The maximum Gasteiger partial charge on any atom is 0.337 e. The summed E-state index contributed by atoms with van der Waals surface area (Å²) in [6.07, 6.45) is 3.02. The lowest BCUT2D eigenvalue weighted by Gasteiger charge is -2.17. The lowest BCUT2D eigenvalue weighted by Crippen LogP contribution is -2.34. The van der Waals surface area contributed by atoms with Gasteiger partial charge < -0.3 is 15.0 Å². The van der Waals surface area contributed by atoms with Crippen molar-refractivity contribution in [1.29, 1.82) is 0 Å². The molecule has 2 aromatic carbocycles. The van der Waals surface area contributed by atoms with Crippen molar-refractivity contribution in [2.45, 2.75) is 20.8 Å².